The summed E-state index contributed by atoms with van der Waals surface area (Å²) in [5.74, 6) is 0.178. The van der Waals surface area contributed by atoms with Crippen LogP contribution in [0, 0.1) is 0 Å². The molecule has 0 saturated carbocycles. The predicted octanol–water partition coefficient (Wildman–Crippen LogP) is 3.54. The zero-order valence-corrected chi connectivity index (χ0v) is 20.0. The Morgan fingerprint density at radius 2 is 1.94 bits per heavy atom. The molecular formula is C23H22N4O4S2. The fraction of sp³-hybridized carbons (Fsp3) is 0.217. The van der Waals surface area contributed by atoms with Gasteiger partial charge in [-0.05, 0) is 42.5 Å². The van der Waals surface area contributed by atoms with Crippen molar-refractivity contribution >= 4 is 45.0 Å². The molecule has 0 atom stereocenters. The number of anilines is 1. The second kappa shape index (κ2) is 9.63. The molecule has 0 aliphatic heterocycles. The lowest BCUT2D eigenvalue weighted by Gasteiger charge is -2.12. The third-order valence-electron chi connectivity index (χ3n) is 5.10. The molecule has 2 heterocycles. The van der Waals surface area contributed by atoms with Crippen molar-refractivity contribution in [3.05, 3.63) is 74.9 Å². The number of thiazole rings is 1. The summed E-state index contributed by atoms with van der Waals surface area (Å²) in [6, 6.07) is 14.2. The molecule has 0 spiro atoms. The van der Waals surface area contributed by atoms with Crippen LogP contribution in [0.3, 0.4) is 0 Å². The summed E-state index contributed by atoms with van der Waals surface area (Å²) in [5, 5.41) is 2.77. The smallest absolute Gasteiger partial charge is 0.337 e. The third-order valence-corrected chi connectivity index (χ3v) is 7.12. The lowest BCUT2D eigenvalue weighted by molar-refractivity contribution is -0.116. The molecule has 0 saturated heterocycles. The highest BCUT2D eigenvalue weighted by Crippen LogP contribution is 2.25. The quantitative estimate of drug-likeness (QED) is 0.405. The minimum absolute atomic E-state index is 0.210. The maximum absolute atomic E-state index is 13.4. The van der Waals surface area contributed by atoms with Gasteiger partial charge in [0.15, 0.2) is 9.99 Å². The van der Waals surface area contributed by atoms with Crippen LogP contribution in [-0.4, -0.2) is 33.4 Å². The molecule has 8 nitrogen and oxygen atoms in total. The summed E-state index contributed by atoms with van der Waals surface area (Å²) in [4.78, 5) is 43.9. The van der Waals surface area contributed by atoms with Crippen molar-refractivity contribution in [2.45, 2.75) is 24.2 Å². The SMILES string of the molecule is CCc1ccc(-n2c(=O)c3sc(SC)nc3n(CC(=O)Nc3cccc(OC)c3)c2=O)cc1. The lowest BCUT2D eigenvalue weighted by atomic mass is 10.1. The first-order chi connectivity index (χ1) is 15.9. The highest BCUT2D eigenvalue weighted by atomic mass is 32.2. The van der Waals surface area contributed by atoms with Crippen LogP contribution in [0.2, 0.25) is 0 Å². The number of nitrogens with one attached hydrogen (secondary N) is 1. The summed E-state index contributed by atoms with van der Waals surface area (Å²) in [7, 11) is 1.54. The molecule has 0 radical (unpaired) electrons. The Bertz CT molecular complexity index is 1440. The van der Waals surface area contributed by atoms with E-state index < -0.39 is 17.2 Å². The van der Waals surface area contributed by atoms with Crippen molar-refractivity contribution < 1.29 is 9.53 Å². The Hall–Kier alpha value is -3.37. The highest BCUT2D eigenvalue weighted by molar-refractivity contribution is 8.00. The zero-order chi connectivity index (χ0) is 23.5. The normalized spacial score (nSPS) is 11.0. The molecule has 0 unspecified atom stereocenters. The lowest BCUT2D eigenvalue weighted by Crippen LogP contribution is -2.40. The van der Waals surface area contributed by atoms with Crippen molar-refractivity contribution in [3.63, 3.8) is 0 Å². The number of thioether (sulfide) groups is 1. The van der Waals surface area contributed by atoms with Crippen molar-refractivity contribution in [2.75, 3.05) is 18.7 Å². The number of nitrogens with zero attached hydrogens (tertiary/aromatic N) is 3. The van der Waals surface area contributed by atoms with Crippen LogP contribution in [0.15, 0.2) is 62.5 Å². The van der Waals surface area contributed by atoms with Gasteiger partial charge in [0.25, 0.3) is 5.56 Å². The Morgan fingerprint density at radius 3 is 2.61 bits per heavy atom. The van der Waals surface area contributed by atoms with E-state index in [4.69, 9.17) is 4.74 Å². The molecule has 2 aromatic heterocycles. The fourth-order valence-electron chi connectivity index (χ4n) is 3.40. The van der Waals surface area contributed by atoms with E-state index in [2.05, 4.69) is 10.3 Å². The number of carbonyl (C=O) groups is 1. The van der Waals surface area contributed by atoms with Crippen LogP contribution < -0.4 is 21.3 Å². The van der Waals surface area contributed by atoms with E-state index in [1.54, 1.807) is 43.5 Å². The third kappa shape index (κ3) is 4.57. The van der Waals surface area contributed by atoms with Crippen molar-refractivity contribution in [2.24, 2.45) is 0 Å². The first kappa shape index (κ1) is 22.8. The number of hydrogen-bond donors (Lipinski definition) is 1. The Morgan fingerprint density at radius 1 is 1.18 bits per heavy atom. The molecule has 33 heavy (non-hydrogen) atoms. The van der Waals surface area contributed by atoms with Gasteiger partial charge in [0, 0.05) is 11.8 Å². The standard InChI is InChI=1S/C23H22N4O4S2/c1-4-14-8-10-16(11-9-14)27-21(29)19-20(25-22(32-3)33-19)26(23(27)30)13-18(28)24-15-6-5-7-17(12-15)31-2/h5-12H,4,13H2,1-3H3,(H,24,28). The number of amides is 1. The van der Waals surface area contributed by atoms with E-state index in [-0.39, 0.29) is 12.2 Å². The molecule has 0 aliphatic carbocycles. The van der Waals surface area contributed by atoms with Gasteiger partial charge in [-0.3, -0.25) is 14.2 Å². The van der Waals surface area contributed by atoms with E-state index in [0.717, 1.165) is 16.6 Å². The maximum atomic E-state index is 13.4. The minimum atomic E-state index is -0.615. The first-order valence-electron chi connectivity index (χ1n) is 10.2. The number of benzene rings is 2. The second-order valence-electron chi connectivity index (χ2n) is 7.15. The Balaban J connectivity index is 1.80. The number of carbonyl (C=O) groups excluding carboxylic acids is 1. The molecule has 1 N–H and O–H groups in total. The van der Waals surface area contributed by atoms with Gasteiger partial charge in [-0.1, -0.05) is 36.9 Å². The van der Waals surface area contributed by atoms with Crippen molar-refractivity contribution in [3.8, 4) is 11.4 Å². The van der Waals surface area contributed by atoms with Crippen LogP contribution in [0.5, 0.6) is 5.75 Å². The van der Waals surface area contributed by atoms with Crippen molar-refractivity contribution in [1.82, 2.24) is 14.1 Å². The number of aromatic nitrogens is 3. The van der Waals surface area contributed by atoms with Crippen LogP contribution in [-0.2, 0) is 17.8 Å². The van der Waals surface area contributed by atoms with E-state index in [0.29, 0.717) is 26.2 Å². The van der Waals surface area contributed by atoms with Crippen LogP contribution in [0.1, 0.15) is 12.5 Å². The second-order valence-corrected chi connectivity index (χ2v) is 9.20. The van der Waals surface area contributed by atoms with E-state index in [1.807, 2.05) is 25.3 Å². The summed E-state index contributed by atoms with van der Waals surface area (Å²) in [5.41, 5.74) is 1.23. The molecule has 1 amide bonds. The van der Waals surface area contributed by atoms with Gasteiger partial charge in [0.2, 0.25) is 5.91 Å². The Kier molecular flexibility index (Phi) is 6.66. The summed E-state index contributed by atoms with van der Waals surface area (Å²) in [6.07, 6.45) is 2.69. The largest absolute Gasteiger partial charge is 0.497 e. The van der Waals surface area contributed by atoms with Crippen molar-refractivity contribution in [1.29, 1.82) is 0 Å². The van der Waals surface area contributed by atoms with E-state index in [9.17, 15) is 14.4 Å². The molecule has 2 aromatic carbocycles. The van der Waals surface area contributed by atoms with Gasteiger partial charge in [0.05, 0.1) is 12.8 Å². The number of aryl methyl sites for hydroxylation is 1. The molecule has 4 aromatic rings. The van der Waals surface area contributed by atoms with Crippen LogP contribution in [0.25, 0.3) is 16.0 Å². The van der Waals surface area contributed by atoms with Gasteiger partial charge >= 0.3 is 5.69 Å². The number of rotatable bonds is 7. The summed E-state index contributed by atoms with van der Waals surface area (Å²) < 4.78 is 8.50. The minimum Gasteiger partial charge on any atom is -0.497 e. The number of fused-ring (bicyclic) bond motifs is 1. The molecule has 0 bridgehead atoms. The molecule has 0 aliphatic rings. The predicted molar refractivity (Wildman–Crippen MR) is 132 cm³/mol. The maximum Gasteiger partial charge on any atom is 0.337 e. The summed E-state index contributed by atoms with van der Waals surface area (Å²) in [6.45, 7) is 1.74. The van der Waals surface area contributed by atoms with Gasteiger partial charge in [-0.2, -0.15) is 0 Å². The van der Waals surface area contributed by atoms with Crippen LogP contribution in [0.4, 0.5) is 5.69 Å². The van der Waals surface area contributed by atoms with Crippen LogP contribution >= 0.6 is 23.1 Å². The Labute approximate surface area is 197 Å². The first-order valence-corrected chi connectivity index (χ1v) is 12.2. The molecule has 4 rings (SSSR count). The van der Waals surface area contributed by atoms with E-state index >= 15 is 0 Å². The topological polar surface area (TPSA) is 95.2 Å². The fourth-order valence-corrected chi connectivity index (χ4v) is 4.89. The molecule has 0 fully saturated rings. The summed E-state index contributed by atoms with van der Waals surface area (Å²) >= 11 is 2.59. The van der Waals surface area contributed by atoms with Gasteiger partial charge in [-0.25, -0.2) is 14.3 Å². The van der Waals surface area contributed by atoms with Gasteiger partial charge in [-0.15, -0.1) is 11.3 Å². The molecular weight excluding hydrogens is 460 g/mol. The average Bonchev–Trinajstić information content (AvgIpc) is 3.27. The van der Waals surface area contributed by atoms with Gasteiger partial charge in [0.1, 0.15) is 17.0 Å². The zero-order valence-electron chi connectivity index (χ0n) is 18.3. The average molecular weight is 483 g/mol. The monoisotopic (exact) mass is 482 g/mol. The number of methoxy groups -OCH3 is 1. The molecule has 10 heteroatoms. The molecule has 170 valence electrons. The number of ether oxygens (including phenoxy) is 1. The van der Waals surface area contributed by atoms with Gasteiger partial charge < -0.3 is 10.1 Å². The number of hydrogen-bond acceptors (Lipinski definition) is 7. The highest BCUT2D eigenvalue weighted by Gasteiger charge is 2.20. The van der Waals surface area contributed by atoms with E-state index in [1.165, 1.54) is 27.7 Å².